The van der Waals surface area contributed by atoms with Crippen LogP contribution < -0.4 is 0 Å². The molecule has 0 aromatic carbocycles. The molecule has 0 atom stereocenters. The molecule has 0 aromatic heterocycles. The molecule has 0 heterocycles. The molecule has 2 nitrogen and oxygen atoms in total. The molecule has 0 N–H and O–H groups in total. The number of hydrogen-bond acceptors (Lipinski definition) is 2. The Hall–Kier alpha value is -0.0151. The summed E-state index contributed by atoms with van der Waals surface area (Å²) in [6, 6.07) is 0. The maximum atomic E-state index is 5.03. The first-order valence-electron chi connectivity index (χ1n) is 3.76. The number of hydrogen-bond donors (Lipinski definition) is 0. The summed E-state index contributed by atoms with van der Waals surface area (Å²) < 4.78 is 10.1. The fraction of sp³-hybridized carbons (Fsp3) is 1.00. The van der Waals surface area contributed by atoms with Gasteiger partial charge in [-0.1, -0.05) is 20.3 Å². The second-order valence-electron chi connectivity index (χ2n) is 2.87. The lowest BCUT2D eigenvalue weighted by atomic mass is 9.80. The van der Waals surface area contributed by atoms with Gasteiger partial charge in [0.1, 0.15) is 0 Å². The van der Waals surface area contributed by atoms with Gasteiger partial charge < -0.3 is 9.31 Å². The van der Waals surface area contributed by atoms with Crippen molar-refractivity contribution in [3.8, 4) is 0 Å². The fourth-order valence-electron chi connectivity index (χ4n) is 0.801. The van der Waals surface area contributed by atoms with Crippen molar-refractivity contribution >= 4 is 7.12 Å². The van der Waals surface area contributed by atoms with Crippen LogP contribution in [0.5, 0.6) is 0 Å². The van der Waals surface area contributed by atoms with Crippen LogP contribution in [0.15, 0.2) is 0 Å². The topological polar surface area (TPSA) is 18.5 Å². The molecule has 0 aromatic rings. The van der Waals surface area contributed by atoms with Crippen LogP contribution in [0.2, 0.25) is 6.32 Å². The minimum absolute atomic E-state index is 0.0117. The Bertz CT molecular complexity index is 72.0. The molecule has 60 valence electrons. The van der Waals surface area contributed by atoms with Crippen molar-refractivity contribution in [2.75, 3.05) is 14.2 Å². The number of rotatable bonds is 5. The summed E-state index contributed by atoms with van der Waals surface area (Å²) >= 11 is 0. The molecular formula is C7H17BO2. The van der Waals surface area contributed by atoms with E-state index in [0.29, 0.717) is 0 Å². The van der Waals surface area contributed by atoms with Gasteiger partial charge >= 0.3 is 7.12 Å². The Morgan fingerprint density at radius 3 is 2.00 bits per heavy atom. The minimum Gasteiger partial charge on any atom is -0.414 e. The van der Waals surface area contributed by atoms with Gasteiger partial charge in [-0.25, -0.2) is 0 Å². The van der Waals surface area contributed by atoms with Gasteiger partial charge in [0.15, 0.2) is 0 Å². The van der Waals surface area contributed by atoms with E-state index in [4.69, 9.17) is 9.31 Å². The molecule has 10 heavy (non-hydrogen) atoms. The van der Waals surface area contributed by atoms with Crippen molar-refractivity contribution in [3.63, 3.8) is 0 Å². The van der Waals surface area contributed by atoms with Crippen LogP contribution in [-0.2, 0) is 9.31 Å². The van der Waals surface area contributed by atoms with Crippen molar-refractivity contribution in [1.82, 2.24) is 0 Å². The molecule has 0 bridgehead atoms. The third kappa shape index (κ3) is 4.83. The lowest BCUT2D eigenvalue weighted by Crippen LogP contribution is -2.19. The second kappa shape index (κ2) is 5.75. The normalized spacial score (nSPS) is 10.5. The minimum atomic E-state index is -0.0117. The van der Waals surface area contributed by atoms with Crippen LogP contribution >= 0.6 is 0 Å². The standard InChI is InChI=1S/C7H17BO2/c1-7(2)5-6-8(9-3)10-4/h7H,5-6H2,1-4H3. The van der Waals surface area contributed by atoms with Crippen LogP contribution in [0.25, 0.3) is 0 Å². The highest BCUT2D eigenvalue weighted by Gasteiger charge is 2.13. The smallest absolute Gasteiger partial charge is 0.414 e. The predicted octanol–water partition coefficient (Wildman–Crippen LogP) is 1.81. The first kappa shape index (κ1) is 9.98. The summed E-state index contributed by atoms with van der Waals surface area (Å²) in [5.41, 5.74) is 0. The highest BCUT2D eigenvalue weighted by atomic mass is 16.6. The van der Waals surface area contributed by atoms with E-state index in [1.165, 1.54) is 0 Å². The molecule has 0 saturated carbocycles. The molecule has 0 spiro atoms. The fourth-order valence-corrected chi connectivity index (χ4v) is 0.801. The Labute approximate surface area is 64.0 Å². The van der Waals surface area contributed by atoms with Gasteiger partial charge in [-0.15, -0.1) is 0 Å². The summed E-state index contributed by atoms with van der Waals surface area (Å²) in [6.07, 6.45) is 2.15. The van der Waals surface area contributed by atoms with Crippen LogP contribution in [0.3, 0.4) is 0 Å². The molecule has 0 rings (SSSR count). The van der Waals surface area contributed by atoms with E-state index in [1.54, 1.807) is 14.2 Å². The average Bonchev–Trinajstić information content (AvgIpc) is 1.90. The first-order valence-corrected chi connectivity index (χ1v) is 3.76. The second-order valence-corrected chi connectivity index (χ2v) is 2.87. The molecule has 3 heteroatoms. The van der Waals surface area contributed by atoms with Gasteiger partial charge in [0.25, 0.3) is 0 Å². The van der Waals surface area contributed by atoms with Crippen molar-refractivity contribution in [1.29, 1.82) is 0 Å². The Morgan fingerprint density at radius 2 is 1.70 bits per heavy atom. The predicted molar refractivity (Wildman–Crippen MR) is 44.0 cm³/mol. The highest BCUT2D eigenvalue weighted by Crippen LogP contribution is 2.07. The monoisotopic (exact) mass is 144 g/mol. The Morgan fingerprint density at radius 1 is 1.20 bits per heavy atom. The molecule has 0 aliphatic rings. The van der Waals surface area contributed by atoms with E-state index in [1.807, 2.05) is 0 Å². The SMILES string of the molecule is COB(CCC(C)C)OC. The average molecular weight is 144 g/mol. The quantitative estimate of drug-likeness (QED) is 0.548. The third-order valence-corrected chi connectivity index (χ3v) is 1.51. The molecule has 0 radical (unpaired) electrons. The Balaban J connectivity index is 3.26. The van der Waals surface area contributed by atoms with E-state index in [0.717, 1.165) is 18.7 Å². The van der Waals surface area contributed by atoms with Crippen LogP contribution in [0.1, 0.15) is 20.3 Å². The van der Waals surface area contributed by atoms with Gasteiger partial charge in [0.2, 0.25) is 0 Å². The molecular weight excluding hydrogens is 127 g/mol. The van der Waals surface area contributed by atoms with E-state index < -0.39 is 0 Å². The zero-order chi connectivity index (χ0) is 7.98. The molecule has 0 aliphatic carbocycles. The summed E-state index contributed by atoms with van der Waals surface area (Å²) in [4.78, 5) is 0. The van der Waals surface area contributed by atoms with Crippen LogP contribution in [-0.4, -0.2) is 21.3 Å². The summed E-state index contributed by atoms with van der Waals surface area (Å²) in [5.74, 6) is 0.729. The maximum Gasteiger partial charge on any atom is 0.456 e. The Kier molecular flexibility index (Phi) is 5.74. The van der Waals surface area contributed by atoms with E-state index in [9.17, 15) is 0 Å². The van der Waals surface area contributed by atoms with E-state index in [-0.39, 0.29) is 7.12 Å². The van der Waals surface area contributed by atoms with E-state index >= 15 is 0 Å². The van der Waals surface area contributed by atoms with Crippen molar-refractivity contribution < 1.29 is 9.31 Å². The lowest BCUT2D eigenvalue weighted by molar-refractivity contribution is 0.274. The summed E-state index contributed by atoms with van der Waals surface area (Å²) in [5, 5.41) is 0. The van der Waals surface area contributed by atoms with Gasteiger partial charge in [-0.3, -0.25) is 0 Å². The molecule has 0 aliphatic heterocycles. The maximum absolute atomic E-state index is 5.03. The summed E-state index contributed by atoms with van der Waals surface area (Å²) in [6.45, 7) is 4.39. The van der Waals surface area contributed by atoms with Crippen LogP contribution in [0, 0.1) is 5.92 Å². The largest absolute Gasteiger partial charge is 0.456 e. The first-order chi connectivity index (χ1) is 4.70. The molecule has 0 saturated heterocycles. The zero-order valence-electron chi connectivity index (χ0n) is 7.39. The molecule has 0 fully saturated rings. The third-order valence-electron chi connectivity index (χ3n) is 1.51. The highest BCUT2D eigenvalue weighted by molar-refractivity contribution is 6.44. The molecule has 0 amide bonds. The van der Waals surface area contributed by atoms with Crippen LogP contribution in [0.4, 0.5) is 0 Å². The zero-order valence-corrected chi connectivity index (χ0v) is 7.39. The molecule has 0 unspecified atom stereocenters. The van der Waals surface area contributed by atoms with Crippen molar-refractivity contribution in [3.05, 3.63) is 0 Å². The van der Waals surface area contributed by atoms with Gasteiger partial charge in [0, 0.05) is 14.2 Å². The van der Waals surface area contributed by atoms with Crippen molar-refractivity contribution in [2.45, 2.75) is 26.6 Å². The van der Waals surface area contributed by atoms with Gasteiger partial charge in [0.05, 0.1) is 0 Å². The summed E-state index contributed by atoms with van der Waals surface area (Å²) in [7, 11) is 3.34. The van der Waals surface area contributed by atoms with Crippen molar-refractivity contribution in [2.24, 2.45) is 5.92 Å². The van der Waals surface area contributed by atoms with Gasteiger partial charge in [-0.05, 0) is 12.2 Å². The lowest BCUT2D eigenvalue weighted by Gasteiger charge is -2.09. The van der Waals surface area contributed by atoms with Gasteiger partial charge in [-0.2, -0.15) is 0 Å². The van der Waals surface area contributed by atoms with E-state index in [2.05, 4.69) is 13.8 Å².